The van der Waals surface area contributed by atoms with Crippen molar-refractivity contribution in [2.45, 2.75) is 0 Å². The molecule has 0 saturated carbocycles. The van der Waals surface area contributed by atoms with Gasteiger partial charge in [0.25, 0.3) is 0 Å². The predicted octanol–water partition coefficient (Wildman–Crippen LogP) is 10.1. The lowest BCUT2D eigenvalue weighted by molar-refractivity contribution is 1.31. The molecule has 9 rings (SSSR count). The maximum Gasteiger partial charge on any atom is 0.0979 e. The van der Waals surface area contributed by atoms with Gasteiger partial charge in [0.05, 0.1) is 34.0 Å². The molecular formula is C39H23N3. The van der Waals surface area contributed by atoms with E-state index in [0.29, 0.717) is 0 Å². The first-order valence-electron chi connectivity index (χ1n) is 14.2. The van der Waals surface area contributed by atoms with E-state index in [0.717, 1.165) is 60.4 Å². The highest BCUT2D eigenvalue weighted by Gasteiger charge is 2.15. The number of nitrogens with zero attached hydrogens (tertiary/aromatic N) is 3. The second-order valence-corrected chi connectivity index (χ2v) is 10.8. The molecule has 0 saturated heterocycles. The van der Waals surface area contributed by atoms with Crippen LogP contribution in [0.3, 0.4) is 0 Å². The van der Waals surface area contributed by atoms with Crippen LogP contribution in [-0.4, -0.2) is 15.0 Å². The number of pyridine rings is 1. The predicted molar refractivity (Wildman–Crippen MR) is 176 cm³/mol. The van der Waals surface area contributed by atoms with Crippen LogP contribution in [0.25, 0.3) is 87.5 Å². The van der Waals surface area contributed by atoms with Crippen LogP contribution in [0.2, 0.25) is 0 Å². The molecule has 7 aromatic carbocycles. The molecule has 0 aliphatic heterocycles. The van der Waals surface area contributed by atoms with Crippen LogP contribution in [0.5, 0.6) is 0 Å². The molecule has 0 radical (unpaired) electrons. The minimum absolute atomic E-state index is 0.866. The molecule has 194 valence electrons. The molecule has 0 amide bonds. The van der Waals surface area contributed by atoms with Crippen molar-refractivity contribution in [3.63, 3.8) is 0 Å². The summed E-state index contributed by atoms with van der Waals surface area (Å²) in [5.74, 6) is 0. The van der Waals surface area contributed by atoms with Crippen molar-refractivity contribution in [3.8, 4) is 22.4 Å². The van der Waals surface area contributed by atoms with E-state index in [-0.39, 0.29) is 0 Å². The van der Waals surface area contributed by atoms with Crippen LogP contribution in [0.4, 0.5) is 0 Å². The molecule has 2 aromatic heterocycles. The molecule has 42 heavy (non-hydrogen) atoms. The van der Waals surface area contributed by atoms with Gasteiger partial charge in [-0.3, -0.25) is 4.98 Å². The summed E-state index contributed by atoms with van der Waals surface area (Å²) >= 11 is 0. The van der Waals surface area contributed by atoms with E-state index in [1.807, 2.05) is 6.20 Å². The highest BCUT2D eigenvalue weighted by Crippen LogP contribution is 2.39. The smallest absolute Gasteiger partial charge is 0.0979 e. The van der Waals surface area contributed by atoms with Gasteiger partial charge in [0, 0.05) is 38.1 Å². The Morgan fingerprint density at radius 2 is 0.952 bits per heavy atom. The monoisotopic (exact) mass is 533 g/mol. The lowest BCUT2D eigenvalue weighted by Crippen LogP contribution is -1.93. The number of hydrogen-bond acceptors (Lipinski definition) is 3. The fourth-order valence-electron chi connectivity index (χ4n) is 6.51. The first-order valence-corrected chi connectivity index (χ1v) is 14.2. The van der Waals surface area contributed by atoms with Gasteiger partial charge in [0.1, 0.15) is 0 Å². The molecule has 0 atom stereocenters. The number of para-hydroxylation sites is 1. The lowest BCUT2D eigenvalue weighted by Gasteiger charge is -2.14. The van der Waals surface area contributed by atoms with Crippen molar-refractivity contribution < 1.29 is 0 Å². The molecule has 0 aliphatic carbocycles. The quantitative estimate of drug-likeness (QED) is 0.164. The Balaban J connectivity index is 1.24. The fourth-order valence-corrected chi connectivity index (χ4v) is 6.51. The Kier molecular flexibility index (Phi) is 4.90. The van der Waals surface area contributed by atoms with E-state index in [9.17, 15) is 0 Å². The first-order chi connectivity index (χ1) is 20.8. The van der Waals surface area contributed by atoms with Crippen molar-refractivity contribution in [3.05, 3.63) is 140 Å². The summed E-state index contributed by atoms with van der Waals surface area (Å²) in [6, 6.07) is 47.0. The number of hydrogen-bond donors (Lipinski definition) is 0. The highest BCUT2D eigenvalue weighted by molar-refractivity contribution is 6.23. The largest absolute Gasteiger partial charge is 0.252 e. The van der Waals surface area contributed by atoms with Crippen LogP contribution in [0, 0.1) is 0 Å². The maximum absolute atomic E-state index is 5.19. The molecular weight excluding hydrogens is 510 g/mol. The van der Waals surface area contributed by atoms with Gasteiger partial charge in [-0.2, -0.15) is 0 Å². The average Bonchev–Trinajstić information content (AvgIpc) is 3.07. The third-order valence-electron chi connectivity index (χ3n) is 8.47. The standard InChI is InChI=1S/C39H23N3/c1-2-10-27-24(9-1)21-22-33-36(32-15-7-8-16-34(32)41-37(27)33)26-19-17-25(18-20-26)35-23-40-38-30-13-5-3-11-28(30)29-12-4-6-14-31(29)39(38)42-35/h1-23H. The summed E-state index contributed by atoms with van der Waals surface area (Å²) < 4.78 is 0. The van der Waals surface area contributed by atoms with Crippen LogP contribution in [-0.2, 0) is 0 Å². The van der Waals surface area contributed by atoms with Gasteiger partial charge in [-0.25, -0.2) is 9.97 Å². The topological polar surface area (TPSA) is 38.7 Å². The minimum Gasteiger partial charge on any atom is -0.252 e. The van der Waals surface area contributed by atoms with Crippen molar-refractivity contribution in [1.29, 1.82) is 0 Å². The van der Waals surface area contributed by atoms with E-state index >= 15 is 0 Å². The third kappa shape index (κ3) is 3.37. The SMILES string of the molecule is c1ccc2c(c1)ccc1c(-c3ccc(-c4cnc5c6ccccc6c6ccccc6c5n4)cc3)c3ccccc3nc12. The van der Waals surface area contributed by atoms with Crippen molar-refractivity contribution >= 4 is 65.2 Å². The van der Waals surface area contributed by atoms with Crippen LogP contribution < -0.4 is 0 Å². The van der Waals surface area contributed by atoms with Gasteiger partial charge < -0.3 is 0 Å². The molecule has 0 spiro atoms. The van der Waals surface area contributed by atoms with Gasteiger partial charge >= 0.3 is 0 Å². The summed E-state index contributed by atoms with van der Waals surface area (Å²) in [6.45, 7) is 0. The molecule has 9 aromatic rings. The summed E-state index contributed by atoms with van der Waals surface area (Å²) in [4.78, 5) is 15.3. The summed E-state index contributed by atoms with van der Waals surface area (Å²) in [5, 5.41) is 9.33. The number of aromatic nitrogens is 3. The molecule has 2 heterocycles. The zero-order chi connectivity index (χ0) is 27.6. The Labute approximate surface area is 241 Å². The van der Waals surface area contributed by atoms with Gasteiger partial charge in [-0.05, 0) is 27.8 Å². The molecule has 0 fully saturated rings. The van der Waals surface area contributed by atoms with Crippen molar-refractivity contribution in [1.82, 2.24) is 15.0 Å². The van der Waals surface area contributed by atoms with Gasteiger partial charge in [-0.1, -0.05) is 127 Å². The highest BCUT2D eigenvalue weighted by atomic mass is 14.8. The summed E-state index contributed by atoms with van der Waals surface area (Å²) in [7, 11) is 0. The zero-order valence-electron chi connectivity index (χ0n) is 22.6. The maximum atomic E-state index is 5.19. The van der Waals surface area contributed by atoms with Gasteiger partial charge in [-0.15, -0.1) is 0 Å². The Bertz CT molecular complexity index is 2480. The second kappa shape index (κ2) is 8.92. The number of benzene rings is 7. The third-order valence-corrected chi connectivity index (χ3v) is 8.47. The minimum atomic E-state index is 0.866. The van der Waals surface area contributed by atoms with Crippen LogP contribution >= 0.6 is 0 Å². The van der Waals surface area contributed by atoms with E-state index < -0.39 is 0 Å². The number of fused-ring (bicyclic) bond motifs is 10. The molecule has 0 aliphatic rings. The van der Waals surface area contributed by atoms with Crippen molar-refractivity contribution in [2.24, 2.45) is 0 Å². The van der Waals surface area contributed by atoms with Gasteiger partial charge in [0.2, 0.25) is 0 Å². The van der Waals surface area contributed by atoms with Crippen LogP contribution in [0.15, 0.2) is 140 Å². The Morgan fingerprint density at radius 1 is 0.357 bits per heavy atom. The Hall–Kier alpha value is -5.67. The first kappa shape index (κ1) is 23.1. The molecule has 0 bridgehead atoms. The normalized spacial score (nSPS) is 11.8. The van der Waals surface area contributed by atoms with E-state index in [1.165, 1.54) is 27.1 Å². The van der Waals surface area contributed by atoms with Crippen molar-refractivity contribution in [2.75, 3.05) is 0 Å². The summed E-state index contributed by atoms with van der Waals surface area (Å²) in [6.07, 6.45) is 1.90. The molecule has 3 nitrogen and oxygen atoms in total. The Morgan fingerprint density at radius 3 is 1.71 bits per heavy atom. The summed E-state index contributed by atoms with van der Waals surface area (Å²) in [5.41, 5.74) is 8.17. The van der Waals surface area contributed by atoms with E-state index in [2.05, 4.69) is 133 Å². The zero-order valence-corrected chi connectivity index (χ0v) is 22.6. The molecule has 3 heteroatoms. The average molecular weight is 534 g/mol. The second-order valence-electron chi connectivity index (χ2n) is 10.8. The van der Waals surface area contributed by atoms with Crippen LogP contribution in [0.1, 0.15) is 0 Å². The number of rotatable bonds is 2. The fraction of sp³-hybridized carbons (Fsp3) is 0. The molecule has 0 unspecified atom stereocenters. The lowest BCUT2D eigenvalue weighted by atomic mass is 9.93. The molecule has 0 N–H and O–H groups in total. The van der Waals surface area contributed by atoms with E-state index in [4.69, 9.17) is 15.0 Å². The van der Waals surface area contributed by atoms with Gasteiger partial charge in [0.15, 0.2) is 0 Å². The van der Waals surface area contributed by atoms with E-state index in [1.54, 1.807) is 0 Å².